The molecule has 0 unspecified atom stereocenters. The van der Waals surface area contributed by atoms with Gasteiger partial charge in [0.1, 0.15) is 0 Å². The van der Waals surface area contributed by atoms with E-state index in [-0.39, 0.29) is 10.8 Å². The SMILES string of the molecule is COCCn1c(=NC(=O)C(c2ccccc2)c2ccccc2)sc2cc(S(N)(=O)=O)ccc21. The molecule has 4 aromatic rings. The number of benzene rings is 3. The summed E-state index contributed by atoms with van der Waals surface area (Å²) in [5, 5.41) is 5.29. The van der Waals surface area contributed by atoms with Gasteiger partial charge < -0.3 is 9.30 Å². The number of ether oxygens (including phenoxy) is 1. The smallest absolute Gasteiger partial charge is 0.260 e. The maximum absolute atomic E-state index is 13.5. The van der Waals surface area contributed by atoms with Crippen molar-refractivity contribution in [2.45, 2.75) is 17.4 Å². The number of fused-ring (bicyclic) bond motifs is 1. The molecule has 9 heteroatoms. The molecular formula is C24H23N3O4S2. The fourth-order valence-corrected chi connectivity index (χ4v) is 5.36. The third-order valence-electron chi connectivity index (χ3n) is 5.22. The van der Waals surface area contributed by atoms with Gasteiger partial charge in [0.2, 0.25) is 10.0 Å². The van der Waals surface area contributed by atoms with Crippen LogP contribution in [-0.2, 0) is 26.1 Å². The van der Waals surface area contributed by atoms with E-state index in [0.717, 1.165) is 16.6 Å². The van der Waals surface area contributed by atoms with Crippen molar-refractivity contribution in [3.8, 4) is 0 Å². The van der Waals surface area contributed by atoms with Crippen molar-refractivity contribution in [1.82, 2.24) is 4.57 Å². The predicted molar refractivity (Wildman–Crippen MR) is 128 cm³/mol. The van der Waals surface area contributed by atoms with Crippen molar-refractivity contribution in [3.63, 3.8) is 0 Å². The number of carbonyl (C=O) groups excluding carboxylic acids is 1. The number of amides is 1. The number of nitrogens with zero attached hydrogens (tertiary/aromatic N) is 2. The largest absolute Gasteiger partial charge is 0.383 e. The third kappa shape index (κ3) is 5.12. The summed E-state index contributed by atoms with van der Waals surface area (Å²) in [6.07, 6.45) is 0. The lowest BCUT2D eigenvalue weighted by atomic mass is 9.91. The minimum atomic E-state index is -3.85. The van der Waals surface area contributed by atoms with Gasteiger partial charge in [-0.05, 0) is 29.3 Å². The van der Waals surface area contributed by atoms with E-state index in [1.807, 2.05) is 65.2 Å². The first-order valence-corrected chi connectivity index (χ1v) is 12.6. The summed E-state index contributed by atoms with van der Waals surface area (Å²) in [6.45, 7) is 0.865. The number of carbonyl (C=O) groups is 1. The fourth-order valence-electron chi connectivity index (χ4n) is 3.64. The number of sulfonamides is 1. The van der Waals surface area contributed by atoms with Gasteiger partial charge in [0.15, 0.2) is 4.80 Å². The first kappa shape index (κ1) is 23.1. The predicted octanol–water partition coefficient (Wildman–Crippen LogP) is 3.26. The molecule has 0 aliphatic heterocycles. The topological polar surface area (TPSA) is 104 Å². The van der Waals surface area contributed by atoms with Gasteiger partial charge in [-0.1, -0.05) is 72.0 Å². The molecule has 33 heavy (non-hydrogen) atoms. The summed E-state index contributed by atoms with van der Waals surface area (Å²) in [5.41, 5.74) is 2.45. The highest BCUT2D eigenvalue weighted by Gasteiger charge is 2.23. The molecule has 0 aliphatic carbocycles. The molecular weight excluding hydrogens is 458 g/mol. The second-order valence-corrected chi connectivity index (χ2v) is 9.98. The molecule has 170 valence electrons. The lowest BCUT2D eigenvalue weighted by Crippen LogP contribution is -2.22. The Morgan fingerprint density at radius 3 is 2.18 bits per heavy atom. The van der Waals surface area contributed by atoms with Gasteiger partial charge in [-0.2, -0.15) is 4.99 Å². The molecule has 1 heterocycles. The molecule has 0 saturated heterocycles. The Kier molecular flexibility index (Phi) is 6.85. The highest BCUT2D eigenvalue weighted by molar-refractivity contribution is 7.89. The Hall–Kier alpha value is -3.11. The van der Waals surface area contributed by atoms with Crippen LogP contribution in [0.1, 0.15) is 17.0 Å². The van der Waals surface area contributed by atoms with Crippen LogP contribution in [0, 0.1) is 0 Å². The van der Waals surface area contributed by atoms with Gasteiger partial charge in [-0.15, -0.1) is 0 Å². The lowest BCUT2D eigenvalue weighted by molar-refractivity contribution is -0.118. The minimum absolute atomic E-state index is 0.0134. The Morgan fingerprint density at radius 1 is 1.03 bits per heavy atom. The number of aromatic nitrogens is 1. The molecule has 7 nitrogen and oxygen atoms in total. The van der Waals surface area contributed by atoms with E-state index in [4.69, 9.17) is 9.88 Å². The number of rotatable bonds is 7. The van der Waals surface area contributed by atoms with Crippen LogP contribution >= 0.6 is 11.3 Å². The van der Waals surface area contributed by atoms with Crippen LogP contribution in [0.25, 0.3) is 10.2 Å². The first-order chi connectivity index (χ1) is 15.9. The molecule has 3 aromatic carbocycles. The summed E-state index contributed by atoms with van der Waals surface area (Å²) in [5.74, 6) is -0.870. The summed E-state index contributed by atoms with van der Waals surface area (Å²) >= 11 is 1.24. The Bertz CT molecular complexity index is 1400. The molecule has 4 rings (SSSR count). The van der Waals surface area contributed by atoms with Crippen LogP contribution in [0.2, 0.25) is 0 Å². The second-order valence-electron chi connectivity index (χ2n) is 7.41. The first-order valence-electron chi connectivity index (χ1n) is 10.2. The van der Waals surface area contributed by atoms with Crippen molar-refractivity contribution < 1.29 is 17.9 Å². The normalized spacial score (nSPS) is 12.5. The monoisotopic (exact) mass is 481 g/mol. The van der Waals surface area contributed by atoms with E-state index in [2.05, 4.69) is 4.99 Å². The van der Waals surface area contributed by atoms with Crippen LogP contribution < -0.4 is 9.94 Å². The van der Waals surface area contributed by atoms with Gasteiger partial charge in [-0.25, -0.2) is 13.6 Å². The van der Waals surface area contributed by atoms with Crippen LogP contribution in [0.5, 0.6) is 0 Å². The Morgan fingerprint density at radius 2 is 1.64 bits per heavy atom. The zero-order valence-electron chi connectivity index (χ0n) is 17.9. The average Bonchev–Trinajstić information content (AvgIpc) is 3.14. The minimum Gasteiger partial charge on any atom is -0.383 e. The van der Waals surface area contributed by atoms with Gasteiger partial charge in [0.05, 0.1) is 27.6 Å². The number of nitrogens with two attached hydrogens (primary N) is 1. The molecule has 0 aliphatic rings. The molecule has 1 amide bonds. The molecule has 2 N–H and O–H groups in total. The number of primary sulfonamides is 1. The maximum Gasteiger partial charge on any atom is 0.260 e. The van der Waals surface area contributed by atoms with Crippen LogP contribution in [0.15, 0.2) is 88.8 Å². The molecule has 1 aromatic heterocycles. The van der Waals surface area contributed by atoms with Crippen LogP contribution in [-0.4, -0.2) is 32.6 Å². The van der Waals surface area contributed by atoms with Gasteiger partial charge >= 0.3 is 0 Å². The molecule has 0 saturated carbocycles. The third-order valence-corrected chi connectivity index (χ3v) is 7.17. The zero-order valence-corrected chi connectivity index (χ0v) is 19.6. The second kappa shape index (κ2) is 9.80. The van der Waals surface area contributed by atoms with Crippen molar-refractivity contribution in [3.05, 3.63) is 94.8 Å². The van der Waals surface area contributed by atoms with E-state index in [1.54, 1.807) is 13.2 Å². The standard InChI is InChI=1S/C24H23N3O4S2/c1-31-15-14-27-20-13-12-19(33(25,29)30)16-21(20)32-24(27)26-23(28)22(17-8-4-2-5-9-17)18-10-6-3-7-11-18/h2-13,16,22H,14-15H2,1H3,(H2,25,29,30). The maximum atomic E-state index is 13.5. The number of thiazole rings is 1. The van der Waals surface area contributed by atoms with Crippen molar-refractivity contribution in [2.75, 3.05) is 13.7 Å². The van der Waals surface area contributed by atoms with E-state index < -0.39 is 15.9 Å². The van der Waals surface area contributed by atoms with Crippen molar-refractivity contribution >= 4 is 37.5 Å². The molecule has 0 radical (unpaired) electrons. The summed E-state index contributed by atoms with van der Waals surface area (Å²) in [4.78, 5) is 18.5. The van der Waals surface area contributed by atoms with E-state index in [9.17, 15) is 13.2 Å². The van der Waals surface area contributed by atoms with E-state index in [1.165, 1.54) is 23.5 Å². The van der Waals surface area contributed by atoms with Crippen molar-refractivity contribution in [1.29, 1.82) is 0 Å². The fraction of sp³-hybridized carbons (Fsp3) is 0.167. The summed E-state index contributed by atoms with van der Waals surface area (Å²) in [7, 11) is -2.25. The lowest BCUT2D eigenvalue weighted by Gasteiger charge is -2.14. The highest BCUT2D eigenvalue weighted by atomic mass is 32.2. The Labute approximate surface area is 195 Å². The quantitative estimate of drug-likeness (QED) is 0.438. The molecule has 0 bridgehead atoms. The molecule has 0 spiro atoms. The van der Waals surface area contributed by atoms with Crippen LogP contribution in [0.3, 0.4) is 0 Å². The van der Waals surface area contributed by atoms with E-state index in [0.29, 0.717) is 22.7 Å². The number of hydrogen-bond acceptors (Lipinski definition) is 5. The summed E-state index contributed by atoms with van der Waals surface area (Å²) in [6, 6.07) is 23.7. The zero-order chi connectivity index (χ0) is 23.4. The number of methoxy groups -OCH3 is 1. The Balaban J connectivity index is 1.87. The van der Waals surface area contributed by atoms with Gasteiger partial charge in [-0.3, -0.25) is 4.79 Å². The molecule has 0 atom stereocenters. The van der Waals surface area contributed by atoms with Gasteiger partial charge in [0.25, 0.3) is 5.91 Å². The highest BCUT2D eigenvalue weighted by Crippen LogP contribution is 2.26. The van der Waals surface area contributed by atoms with E-state index >= 15 is 0 Å². The number of hydrogen-bond donors (Lipinski definition) is 1. The summed E-state index contributed by atoms with van der Waals surface area (Å²) < 4.78 is 31.4. The van der Waals surface area contributed by atoms with Gasteiger partial charge in [0, 0.05) is 13.7 Å². The van der Waals surface area contributed by atoms with Crippen LogP contribution in [0.4, 0.5) is 0 Å². The van der Waals surface area contributed by atoms with Crippen molar-refractivity contribution in [2.24, 2.45) is 10.1 Å². The average molecular weight is 482 g/mol. The molecule has 0 fully saturated rings.